The van der Waals surface area contributed by atoms with Gasteiger partial charge in [-0.05, 0) is 56.8 Å². The molecule has 0 bridgehead atoms. The zero-order valence-corrected chi connectivity index (χ0v) is 20.4. The molecule has 1 aromatic heterocycles. The summed E-state index contributed by atoms with van der Waals surface area (Å²) in [5.74, 6) is -1.37. The molecule has 1 unspecified atom stereocenters. The van der Waals surface area contributed by atoms with Crippen molar-refractivity contribution >= 4 is 57.5 Å². The smallest absolute Gasteiger partial charge is 0.329 e. The van der Waals surface area contributed by atoms with Crippen LogP contribution in [0.15, 0.2) is 59.6 Å². The highest BCUT2D eigenvalue weighted by Gasteiger charge is 2.41. The van der Waals surface area contributed by atoms with Gasteiger partial charge in [0.05, 0.1) is 11.5 Å². The van der Waals surface area contributed by atoms with Crippen LogP contribution < -0.4 is 5.32 Å². The van der Waals surface area contributed by atoms with Crippen LogP contribution in [0.1, 0.15) is 25.0 Å². The highest BCUT2D eigenvalue weighted by molar-refractivity contribution is 8.18. The van der Waals surface area contributed by atoms with Crippen molar-refractivity contribution in [1.82, 2.24) is 9.47 Å². The Kier molecular flexibility index (Phi) is 7.07. The van der Waals surface area contributed by atoms with Crippen molar-refractivity contribution in [2.75, 3.05) is 11.9 Å². The number of amides is 3. The van der Waals surface area contributed by atoms with Gasteiger partial charge in [0.1, 0.15) is 12.6 Å². The van der Waals surface area contributed by atoms with Crippen LogP contribution in [0.5, 0.6) is 0 Å². The van der Waals surface area contributed by atoms with Crippen LogP contribution in [0, 0.1) is 6.92 Å². The molecule has 1 atom stereocenters. The van der Waals surface area contributed by atoms with Crippen LogP contribution in [0.2, 0.25) is 0 Å². The standard InChI is InChI=1S/C26H25N3O5S/c1-4-34-25(32)17(3)29-24(31)22(35-26(29)33)13-18-14-28(21-8-6-5-7-20(18)21)15-23(30)27-19-11-9-16(2)10-12-19/h5-14,17H,4,15H2,1-3H3,(H,27,30)/b22-13+. The van der Waals surface area contributed by atoms with Crippen LogP contribution in [0.4, 0.5) is 10.5 Å². The summed E-state index contributed by atoms with van der Waals surface area (Å²) >= 11 is 0.777. The zero-order chi connectivity index (χ0) is 25.1. The third kappa shape index (κ3) is 5.14. The van der Waals surface area contributed by atoms with Gasteiger partial charge in [-0.15, -0.1) is 0 Å². The fourth-order valence-corrected chi connectivity index (χ4v) is 4.74. The molecule has 3 amide bonds. The minimum absolute atomic E-state index is 0.0730. The molecule has 180 valence electrons. The highest BCUT2D eigenvalue weighted by Crippen LogP contribution is 2.35. The Morgan fingerprint density at radius 3 is 2.54 bits per heavy atom. The van der Waals surface area contributed by atoms with E-state index in [0.717, 1.165) is 33.1 Å². The molecule has 35 heavy (non-hydrogen) atoms. The molecular formula is C26H25N3O5S. The largest absolute Gasteiger partial charge is 0.464 e. The lowest BCUT2D eigenvalue weighted by molar-refractivity contribution is -0.150. The van der Waals surface area contributed by atoms with E-state index in [-0.39, 0.29) is 24.0 Å². The first-order valence-corrected chi connectivity index (χ1v) is 12.0. The zero-order valence-electron chi connectivity index (χ0n) is 19.6. The molecule has 0 radical (unpaired) electrons. The first-order chi connectivity index (χ1) is 16.8. The minimum atomic E-state index is -1.01. The van der Waals surface area contributed by atoms with Gasteiger partial charge in [-0.1, -0.05) is 35.9 Å². The van der Waals surface area contributed by atoms with Gasteiger partial charge < -0.3 is 14.6 Å². The summed E-state index contributed by atoms with van der Waals surface area (Å²) in [6.07, 6.45) is 3.40. The fourth-order valence-electron chi connectivity index (χ4n) is 3.84. The minimum Gasteiger partial charge on any atom is -0.464 e. The number of aromatic nitrogens is 1. The molecule has 4 rings (SSSR count). The Morgan fingerprint density at radius 2 is 1.83 bits per heavy atom. The number of hydrogen-bond acceptors (Lipinski definition) is 6. The van der Waals surface area contributed by atoms with Crippen LogP contribution >= 0.6 is 11.8 Å². The van der Waals surface area contributed by atoms with E-state index in [1.54, 1.807) is 23.8 Å². The predicted molar refractivity (Wildman–Crippen MR) is 136 cm³/mol. The molecule has 0 spiro atoms. The Labute approximate surface area is 206 Å². The van der Waals surface area contributed by atoms with E-state index in [0.29, 0.717) is 11.3 Å². The van der Waals surface area contributed by atoms with Crippen LogP contribution in [0.3, 0.4) is 0 Å². The van der Waals surface area contributed by atoms with Gasteiger partial charge in [0.2, 0.25) is 5.91 Å². The van der Waals surface area contributed by atoms with E-state index in [4.69, 9.17) is 4.74 Å². The number of ether oxygens (including phenoxy) is 1. The highest BCUT2D eigenvalue weighted by atomic mass is 32.2. The molecule has 1 aliphatic rings. The Hall–Kier alpha value is -3.85. The van der Waals surface area contributed by atoms with E-state index in [1.807, 2.05) is 55.5 Å². The molecule has 9 heteroatoms. The lowest BCUT2D eigenvalue weighted by atomic mass is 10.1. The molecular weight excluding hydrogens is 466 g/mol. The van der Waals surface area contributed by atoms with Gasteiger partial charge in [0.15, 0.2) is 0 Å². The lowest BCUT2D eigenvalue weighted by Crippen LogP contribution is -2.42. The van der Waals surface area contributed by atoms with E-state index in [2.05, 4.69) is 5.32 Å². The van der Waals surface area contributed by atoms with Crippen molar-refractivity contribution in [3.63, 3.8) is 0 Å². The van der Waals surface area contributed by atoms with Crippen molar-refractivity contribution in [2.45, 2.75) is 33.4 Å². The summed E-state index contributed by atoms with van der Waals surface area (Å²) in [7, 11) is 0. The normalized spacial score (nSPS) is 15.6. The number of imide groups is 1. The summed E-state index contributed by atoms with van der Waals surface area (Å²) in [6.45, 7) is 5.34. The quantitative estimate of drug-likeness (QED) is 0.384. The number of benzene rings is 2. The SMILES string of the molecule is CCOC(=O)C(C)N1C(=O)S/C(=C/c2cn(CC(=O)Nc3ccc(C)cc3)c3ccccc23)C1=O. The van der Waals surface area contributed by atoms with Gasteiger partial charge in [-0.3, -0.25) is 19.3 Å². The first kappa shape index (κ1) is 24.3. The molecule has 8 nitrogen and oxygen atoms in total. The number of anilines is 1. The maximum Gasteiger partial charge on any atom is 0.329 e. The van der Waals surface area contributed by atoms with Gasteiger partial charge >= 0.3 is 5.97 Å². The van der Waals surface area contributed by atoms with Gasteiger partial charge in [0, 0.05) is 28.4 Å². The third-order valence-electron chi connectivity index (χ3n) is 5.59. The van der Waals surface area contributed by atoms with Crippen LogP contribution in [-0.4, -0.2) is 45.1 Å². The van der Waals surface area contributed by atoms with Crippen molar-refractivity contribution in [3.8, 4) is 0 Å². The number of carbonyl (C=O) groups is 4. The maximum atomic E-state index is 13.0. The summed E-state index contributed by atoms with van der Waals surface area (Å²) < 4.78 is 6.76. The monoisotopic (exact) mass is 491 g/mol. The van der Waals surface area contributed by atoms with E-state index in [9.17, 15) is 19.2 Å². The number of rotatable bonds is 7. The molecule has 2 heterocycles. The second kappa shape index (κ2) is 10.2. The van der Waals surface area contributed by atoms with Gasteiger partial charge in [0.25, 0.3) is 11.1 Å². The number of aryl methyl sites for hydroxylation is 1. The molecule has 2 aromatic carbocycles. The summed E-state index contributed by atoms with van der Waals surface area (Å²) in [6, 6.07) is 14.0. The van der Waals surface area contributed by atoms with Gasteiger partial charge in [-0.2, -0.15) is 0 Å². The number of thioether (sulfide) groups is 1. The third-order valence-corrected chi connectivity index (χ3v) is 6.48. The van der Waals surface area contributed by atoms with E-state index < -0.39 is 23.2 Å². The number of fused-ring (bicyclic) bond motifs is 1. The topological polar surface area (TPSA) is 97.7 Å². The van der Waals surface area contributed by atoms with E-state index in [1.165, 1.54) is 6.92 Å². The number of hydrogen-bond donors (Lipinski definition) is 1. The summed E-state index contributed by atoms with van der Waals surface area (Å²) in [5, 5.41) is 3.20. The van der Waals surface area contributed by atoms with Crippen LogP contribution in [0.25, 0.3) is 17.0 Å². The molecule has 0 aliphatic carbocycles. The average molecular weight is 492 g/mol. The van der Waals surface area contributed by atoms with Crippen LogP contribution in [-0.2, 0) is 25.7 Å². The summed E-state index contributed by atoms with van der Waals surface area (Å²) in [5.41, 5.74) is 3.32. The average Bonchev–Trinajstić information content (AvgIpc) is 3.31. The van der Waals surface area contributed by atoms with Crippen molar-refractivity contribution in [3.05, 3.63) is 70.8 Å². The second-order valence-corrected chi connectivity index (χ2v) is 9.12. The Balaban J connectivity index is 1.59. The first-order valence-electron chi connectivity index (χ1n) is 11.2. The molecule has 1 aliphatic heterocycles. The number of carbonyl (C=O) groups excluding carboxylic acids is 4. The molecule has 1 saturated heterocycles. The Bertz CT molecular complexity index is 1340. The maximum absolute atomic E-state index is 13.0. The Morgan fingerprint density at radius 1 is 1.11 bits per heavy atom. The number of nitrogens with zero attached hydrogens (tertiary/aromatic N) is 2. The van der Waals surface area contributed by atoms with Gasteiger partial charge in [-0.25, -0.2) is 4.79 Å². The molecule has 1 N–H and O–H groups in total. The number of esters is 1. The number of para-hydroxylation sites is 1. The van der Waals surface area contributed by atoms with Crippen molar-refractivity contribution in [2.24, 2.45) is 0 Å². The summed E-state index contributed by atoms with van der Waals surface area (Å²) in [4.78, 5) is 51.4. The van der Waals surface area contributed by atoms with E-state index >= 15 is 0 Å². The van der Waals surface area contributed by atoms with Crippen molar-refractivity contribution in [1.29, 1.82) is 0 Å². The predicted octanol–water partition coefficient (Wildman–Crippen LogP) is 4.58. The van der Waals surface area contributed by atoms with Crippen molar-refractivity contribution < 1.29 is 23.9 Å². The molecule has 0 saturated carbocycles. The molecule has 3 aromatic rings. The number of nitrogens with one attached hydrogen (secondary N) is 1. The molecule has 1 fully saturated rings. The fraction of sp³-hybridized carbons (Fsp3) is 0.231. The lowest BCUT2D eigenvalue weighted by Gasteiger charge is -2.19. The second-order valence-electron chi connectivity index (χ2n) is 8.12.